The van der Waals surface area contributed by atoms with Crippen LogP contribution in [0.3, 0.4) is 0 Å². The van der Waals surface area contributed by atoms with E-state index in [9.17, 15) is 32.0 Å². The number of carbonyl (C=O) groups is 4. The molecule has 55 heavy (non-hydrogen) atoms. The number of amides is 4. The van der Waals surface area contributed by atoms with Crippen molar-refractivity contribution in [3.63, 3.8) is 0 Å². The number of rotatable bonds is 12. The van der Waals surface area contributed by atoms with E-state index in [0.29, 0.717) is 54.8 Å². The molecule has 1 aromatic heterocycles. The minimum absolute atomic E-state index is 0.0145. The molecule has 1 aromatic carbocycles. The van der Waals surface area contributed by atoms with E-state index in [1.807, 2.05) is 0 Å². The lowest BCUT2D eigenvalue weighted by Crippen LogP contribution is -2.50. The molecule has 2 aromatic rings. The summed E-state index contributed by atoms with van der Waals surface area (Å²) in [7, 11) is -4.14. The van der Waals surface area contributed by atoms with Gasteiger partial charge in [0, 0.05) is 35.6 Å². The van der Waals surface area contributed by atoms with Crippen LogP contribution in [0.5, 0.6) is 0 Å². The summed E-state index contributed by atoms with van der Waals surface area (Å²) in [6.07, 6.45) is 7.70. The van der Waals surface area contributed by atoms with Crippen molar-refractivity contribution in [1.29, 1.82) is 0 Å². The van der Waals surface area contributed by atoms with Crippen molar-refractivity contribution in [2.75, 3.05) is 18.5 Å². The van der Waals surface area contributed by atoms with E-state index < -0.39 is 46.6 Å². The fourth-order valence-corrected chi connectivity index (χ4v) is 10.6. The Morgan fingerprint density at radius 2 is 1.60 bits per heavy atom. The van der Waals surface area contributed by atoms with Crippen LogP contribution in [0.25, 0.3) is 11.0 Å². The van der Waals surface area contributed by atoms with Crippen molar-refractivity contribution in [1.82, 2.24) is 19.2 Å². The van der Waals surface area contributed by atoms with Gasteiger partial charge in [-0.2, -0.15) is 12.7 Å². The molecule has 3 aliphatic rings. The SMILES string of the molecule is CC(C)N(C(C)C)S(=O)(=O)NC(=O)c1cc2cc(NC(=O)[C@@H]3[C@H](C4CCCCC4)CCN3C(=O)C3CCC([C@@H](CF)NC(=O)OC(C)(C)C)CC3)ccc2o1. The van der Waals surface area contributed by atoms with E-state index in [1.165, 1.54) is 16.8 Å². The average molecular weight is 790 g/mol. The van der Waals surface area contributed by atoms with E-state index in [0.717, 1.165) is 32.1 Å². The number of fused-ring (bicyclic) bond motifs is 1. The van der Waals surface area contributed by atoms with Crippen LogP contribution in [0.1, 0.15) is 123 Å². The summed E-state index contributed by atoms with van der Waals surface area (Å²) in [6.45, 7) is 11.9. The number of benzene rings is 1. The number of hydrogen-bond acceptors (Lipinski definition) is 8. The molecule has 4 amide bonds. The number of furan rings is 1. The predicted molar refractivity (Wildman–Crippen MR) is 208 cm³/mol. The quantitative estimate of drug-likeness (QED) is 0.208. The molecule has 13 nitrogen and oxygen atoms in total. The molecular weight excluding hydrogens is 730 g/mol. The molecule has 15 heteroatoms. The second-order valence-corrected chi connectivity index (χ2v) is 18.7. The fraction of sp³-hybridized carbons (Fsp3) is 0.700. The molecule has 1 saturated heterocycles. The van der Waals surface area contributed by atoms with Gasteiger partial charge in [-0.05, 0) is 123 Å². The van der Waals surface area contributed by atoms with Gasteiger partial charge in [-0.15, -0.1) is 0 Å². The molecule has 3 fully saturated rings. The summed E-state index contributed by atoms with van der Waals surface area (Å²) in [6, 6.07) is 4.28. The van der Waals surface area contributed by atoms with E-state index in [-0.39, 0.29) is 47.4 Å². The Morgan fingerprint density at radius 3 is 2.20 bits per heavy atom. The number of alkyl halides is 1. The molecule has 0 bridgehead atoms. The molecule has 1 aliphatic heterocycles. The first-order valence-electron chi connectivity index (χ1n) is 19.9. The lowest BCUT2D eigenvalue weighted by Gasteiger charge is -2.37. The highest BCUT2D eigenvalue weighted by atomic mass is 32.2. The summed E-state index contributed by atoms with van der Waals surface area (Å²) < 4.78 is 54.5. The van der Waals surface area contributed by atoms with Crippen LogP contribution in [0, 0.1) is 23.7 Å². The highest BCUT2D eigenvalue weighted by molar-refractivity contribution is 7.87. The van der Waals surface area contributed by atoms with Gasteiger partial charge in [-0.3, -0.25) is 14.4 Å². The molecule has 2 saturated carbocycles. The highest BCUT2D eigenvalue weighted by Gasteiger charge is 2.47. The number of hydrogen-bond donors (Lipinski definition) is 3. The van der Waals surface area contributed by atoms with Gasteiger partial charge in [0.15, 0.2) is 5.76 Å². The second kappa shape index (κ2) is 17.6. The zero-order valence-corrected chi connectivity index (χ0v) is 34.2. The van der Waals surface area contributed by atoms with Gasteiger partial charge in [-0.1, -0.05) is 32.1 Å². The summed E-state index contributed by atoms with van der Waals surface area (Å²) in [5.41, 5.74) is 0.100. The highest BCUT2D eigenvalue weighted by Crippen LogP contribution is 2.41. The van der Waals surface area contributed by atoms with Gasteiger partial charge < -0.3 is 24.7 Å². The largest absolute Gasteiger partial charge is 0.451 e. The van der Waals surface area contributed by atoms with Crippen LogP contribution in [0.15, 0.2) is 28.7 Å². The van der Waals surface area contributed by atoms with E-state index >= 15 is 0 Å². The van der Waals surface area contributed by atoms with Gasteiger partial charge >= 0.3 is 22.2 Å². The summed E-state index contributed by atoms with van der Waals surface area (Å²) in [5.74, 6) is -1.51. The van der Waals surface area contributed by atoms with Crippen LogP contribution in [-0.2, 0) is 24.5 Å². The lowest BCUT2D eigenvalue weighted by molar-refractivity contribution is -0.142. The van der Waals surface area contributed by atoms with Crippen LogP contribution in [0.4, 0.5) is 14.9 Å². The van der Waals surface area contributed by atoms with Crippen LogP contribution >= 0.6 is 0 Å². The van der Waals surface area contributed by atoms with Crippen molar-refractivity contribution >= 4 is 50.7 Å². The number of nitrogens with zero attached hydrogens (tertiary/aromatic N) is 2. The number of ether oxygens (including phenoxy) is 1. The van der Waals surface area contributed by atoms with Crippen molar-refractivity contribution in [3.8, 4) is 0 Å². The van der Waals surface area contributed by atoms with Crippen molar-refractivity contribution in [2.24, 2.45) is 23.7 Å². The number of carbonyl (C=O) groups excluding carboxylic acids is 4. The summed E-state index contributed by atoms with van der Waals surface area (Å²) >= 11 is 0. The smallest absolute Gasteiger partial charge is 0.407 e. The molecular formula is C40H60FN5O8S. The zero-order valence-electron chi connectivity index (χ0n) is 33.4. The Bertz CT molecular complexity index is 1790. The third-order valence-electron chi connectivity index (χ3n) is 11.3. The van der Waals surface area contributed by atoms with E-state index in [2.05, 4.69) is 15.4 Å². The fourth-order valence-electron chi connectivity index (χ4n) is 9.02. The second-order valence-electron chi connectivity index (χ2n) is 17.2. The van der Waals surface area contributed by atoms with Crippen molar-refractivity contribution < 1.29 is 41.1 Å². The summed E-state index contributed by atoms with van der Waals surface area (Å²) in [4.78, 5) is 55.7. The molecule has 0 radical (unpaired) electrons. The van der Waals surface area contributed by atoms with Gasteiger partial charge in [0.2, 0.25) is 11.8 Å². The normalized spacial score (nSPS) is 23.3. The van der Waals surface area contributed by atoms with E-state index in [1.54, 1.807) is 71.6 Å². The van der Waals surface area contributed by atoms with Gasteiger partial charge in [-0.25, -0.2) is 13.9 Å². The zero-order chi connectivity index (χ0) is 40.2. The maximum Gasteiger partial charge on any atom is 0.407 e. The standard InChI is InChI=1S/C40H60FN5O8S/c1-24(2)46(25(3)4)55(51,52)44-36(47)34-22-29-21-30(17-18-33(29)53-34)42-37(48)35-31(26-11-9-8-10-12-26)19-20-45(35)38(49)28-15-13-27(14-16-28)32(23-41)43-39(50)54-40(5,6)7/h17-18,21-22,24-28,31-32,35H,8-16,19-20,23H2,1-7H3,(H,42,48)(H,43,50)(H,44,47)/t27?,28?,31-,32+,35-/m0/s1. The van der Waals surface area contributed by atoms with Crippen LogP contribution < -0.4 is 15.4 Å². The number of nitrogens with one attached hydrogen (secondary N) is 3. The molecule has 0 unspecified atom stereocenters. The molecule has 5 rings (SSSR count). The van der Waals surface area contributed by atoms with Crippen molar-refractivity contribution in [3.05, 3.63) is 30.0 Å². The minimum Gasteiger partial charge on any atom is -0.451 e. The average Bonchev–Trinajstić information content (AvgIpc) is 3.74. The van der Waals surface area contributed by atoms with Gasteiger partial charge in [0.1, 0.15) is 23.9 Å². The summed E-state index contributed by atoms with van der Waals surface area (Å²) in [5, 5.41) is 6.22. The minimum atomic E-state index is -4.14. The number of anilines is 1. The number of halogens is 1. The first-order valence-corrected chi connectivity index (χ1v) is 21.4. The Morgan fingerprint density at radius 1 is 0.945 bits per heavy atom. The van der Waals surface area contributed by atoms with E-state index in [4.69, 9.17) is 9.15 Å². The molecule has 3 N–H and O–H groups in total. The third kappa shape index (κ3) is 10.4. The number of likely N-dealkylation sites (tertiary alicyclic amines) is 1. The van der Waals surface area contributed by atoms with Gasteiger partial charge in [0.05, 0.1) is 6.04 Å². The maximum absolute atomic E-state index is 14.3. The maximum atomic E-state index is 14.3. The molecule has 0 spiro atoms. The molecule has 306 valence electrons. The first-order chi connectivity index (χ1) is 25.9. The Labute approximate surface area is 325 Å². The molecule has 3 atom stereocenters. The Balaban J connectivity index is 1.28. The van der Waals surface area contributed by atoms with Crippen LogP contribution in [-0.4, -0.2) is 84.4 Å². The number of alkyl carbamates (subject to hydrolysis) is 1. The Kier molecular flexibility index (Phi) is 13.6. The lowest BCUT2D eigenvalue weighted by atomic mass is 9.76. The molecule has 2 heterocycles. The van der Waals surface area contributed by atoms with Crippen molar-refractivity contribution in [2.45, 2.75) is 142 Å². The van der Waals surface area contributed by atoms with Crippen LogP contribution in [0.2, 0.25) is 0 Å². The predicted octanol–water partition coefficient (Wildman–Crippen LogP) is 6.93. The molecule has 2 aliphatic carbocycles. The topological polar surface area (TPSA) is 167 Å². The first kappa shape index (κ1) is 42.4. The third-order valence-corrected chi connectivity index (χ3v) is 13.2. The van der Waals surface area contributed by atoms with Gasteiger partial charge in [0.25, 0.3) is 0 Å². The monoisotopic (exact) mass is 789 g/mol. The Hall–Kier alpha value is -3.72.